The van der Waals surface area contributed by atoms with Crippen molar-refractivity contribution >= 4 is 11.9 Å². The first-order valence-corrected chi connectivity index (χ1v) is 6.05. The summed E-state index contributed by atoms with van der Waals surface area (Å²) in [7, 11) is 0. The number of hydrogen-bond donors (Lipinski definition) is 2. The van der Waals surface area contributed by atoms with Gasteiger partial charge >= 0.3 is 11.9 Å². The van der Waals surface area contributed by atoms with E-state index in [9.17, 15) is 18.4 Å². The quantitative estimate of drug-likeness (QED) is 0.843. The minimum atomic E-state index is -1.07. The Balaban J connectivity index is 3.24. The lowest BCUT2D eigenvalue weighted by Crippen LogP contribution is -2.24. The minimum Gasteiger partial charge on any atom is -0.481 e. The Labute approximate surface area is 115 Å². The summed E-state index contributed by atoms with van der Waals surface area (Å²) < 4.78 is 26.7. The van der Waals surface area contributed by atoms with Gasteiger partial charge in [0.2, 0.25) is 0 Å². The van der Waals surface area contributed by atoms with Gasteiger partial charge in [-0.1, -0.05) is 13.8 Å². The lowest BCUT2D eigenvalue weighted by molar-refractivity contribution is -0.138. The number of aliphatic carboxylic acids is 2. The summed E-state index contributed by atoms with van der Waals surface area (Å²) in [6, 6.07) is 1.90. The van der Waals surface area contributed by atoms with Gasteiger partial charge in [0.1, 0.15) is 0 Å². The SMILES string of the molecule is CC(C)(CC(=O)O)c1cc(F)c(F)cc1CCC(=O)O. The number of carbonyl (C=O) groups is 2. The zero-order chi connectivity index (χ0) is 15.5. The minimum absolute atomic E-state index is 0.0188. The van der Waals surface area contributed by atoms with Gasteiger partial charge in [-0.2, -0.15) is 0 Å². The molecule has 1 rings (SSSR count). The van der Waals surface area contributed by atoms with Crippen molar-refractivity contribution in [3.05, 3.63) is 34.9 Å². The van der Waals surface area contributed by atoms with Crippen LogP contribution in [0.15, 0.2) is 12.1 Å². The van der Waals surface area contributed by atoms with Crippen molar-refractivity contribution in [3.63, 3.8) is 0 Å². The molecule has 0 aliphatic heterocycles. The maximum Gasteiger partial charge on any atom is 0.304 e. The summed E-state index contributed by atoms with van der Waals surface area (Å²) in [5.74, 6) is -4.27. The highest BCUT2D eigenvalue weighted by atomic mass is 19.2. The molecule has 20 heavy (non-hydrogen) atoms. The number of aryl methyl sites for hydroxylation is 1. The molecule has 0 atom stereocenters. The van der Waals surface area contributed by atoms with Crippen LogP contribution in [-0.4, -0.2) is 22.2 Å². The highest BCUT2D eigenvalue weighted by Crippen LogP contribution is 2.32. The third kappa shape index (κ3) is 4.01. The summed E-state index contributed by atoms with van der Waals surface area (Å²) >= 11 is 0. The molecule has 2 N–H and O–H groups in total. The van der Waals surface area contributed by atoms with Gasteiger partial charge in [-0.05, 0) is 29.7 Å². The van der Waals surface area contributed by atoms with Gasteiger partial charge in [-0.25, -0.2) is 8.78 Å². The summed E-state index contributed by atoms with van der Waals surface area (Å²) in [6.45, 7) is 3.19. The third-order valence-corrected chi connectivity index (χ3v) is 3.08. The van der Waals surface area contributed by atoms with Crippen LogP contribution < -0.4 is 0 Å². The first-order valence-electron chi connectivity index (χ1n) is 6.05. The monoisotopic (exact) mass is 286 g/mol. The molecule has 0 saturated heterocycles. The smallest absolute Gasteiger partial charge is 0.304 e. The highest BCUT2D eigenvalue weighted by Gasteiger charge is 2.28. The van der Waals surface area contributed by atoms with Gasteiger partial charge < -0.3 is 10.2 Å². The molecule has 0 aromatic heterocycles. The number of benzene rings is 1. The predicted molar refractivity (Wildman–Crippen MR) is 67.6 cm³/mol. The Morgan fingerprint density at radius 2 is 1.65 bits per heavy atom. The standard InChI is InChI=1S/C14H16F2O4/c1-14(2,7-13(19)20)9-6-11(16)10(15)5-8(9)3-4-12(17)18/h5-6H,3-4,7H2,1-2H3,(H,17,18)(H,19,20). The third-order valence-electron chi connectivity index (χ3n) is 3.08. The zero-order valence-electron chi connectivity index (χ0n) is 11.2. The normalized spacial score (nSPS) is 11.4. The molecule has 0 aliphatic carbocycles. The van der Waals surface area contributed by atoms with Gasteiger partial charge in [-0.15, -0.1) is 0 Å². The fourth-order valence-corrected chi connectivity index (χ4v) is 2.14. The van der Waals surface area contributed by atoms with E-state index in [0.29, 0.717) is 11.1 Å². The van der Waals surface area contributed by atoms with Gasteiger partial charge in [0.15, 0.2) is 11.6 Å². The molecule has 0 heterocycles. The van der Waals surface area contributed by atoms with Crippen molar-refractivity contribution in [1.29, 1.82) is 0 Å². The van der Waals surface area contributed by atoms with E-state index in [2.05, 4.69) is 0 Å². The Morgan fingerprint density at radius 3 is 2.15 bits per heavy atom. The van der Waals surface area contributed by atoms with Crippen molar-refractivity contribution < 1.29 is 28.6 Å². The molecular formula is C14H16F2O4. The van der Waals surface area contributed by atoms with Crippen LogP contribution in [0.1, 0.15) is 37.8 Å². The Kier molecular flexibility index (Phi) is 4.81. The van der Waals surface area contributed by atoms with E-state index in [1.165, 1.54) is 0 Å². The van der Waals surface area contributed by atoms with Gasteiger partial charge in [-0.3, -0.25) is 9.59 Å². The van der Waals surface area contributed by atoms with Crippen LogP contribution in [0.2, 0.25) is 0 Å². The zero-order valence-corrected chi connectivity index (χ0v) is 11.2. The molecule has 1 aromatic carbocycles. The number of carboxylic acids is 2. The summed E-state index contributed by atoms with van der Waals surface area (Å²) in [6.07, 6.45) is -0.482. The molecule has 4 nitrogen and oxygen atoms in total. The number of hydrogen-bond acceptors (Lipinski definition) is 2. The van der Waals surface area contributed by atoms with Crippen molar-refractivity contribution in [2.75, 3.05) is 0 Å². The fourth-order valence-electron chi connectivity index (χ4n) is 2.14. The van der Waals surface area contributed by atoms with Gasteiger partial charge in [0.25, 0.3) is 0 Å². The summed E-state index contributed by atoms with van der Waals surface area (Å²) in [5.41, 5.74) is -0.286. The van der Waals surface area contributed by atoms with Crippen LogP contribution in [0.3, 0.4) is 0 Å². The Morgan fingerprint density at radius 1 is 1.10 bits per heavy atom. The van der Waals surface area contributed by atoms with Gasteiger partial charge in [0, 0.05) is 11.8 Å². The molecule has 6 heteroatoms. The fraction of sp³-hybridized carbons (Fsp3) is 0.429. The second kappa shape index (κ2) is 5.98. The number of halogens is 2. The maximum absolute atomic E-state index is 13.4. The Bertz CT molecular complexity index is 538. The average molecular weight is 286 g/mol. The molecular weight excluding hydrogens is 270 g/mol. The maximum atomic E-state index is 13.4. The van der Waals surface area contributed by atoms with E-state index in [1.807, 2.05) is 0 Å². The average Bonchev–Trinajstić information content (AvgIpc) is 2.28. The molecule has 0 saturated carbocycles. The molecule has 110 valence electrons. The first-order chi connectivity index (χ1) is 9.13. The van der Waals surface area contributed by atoms with Gasteiger partial charge in [0.05, 0.1) is 6.42 Å². The van der Waals surface area contributed by atoms with Crippen LogP contribution in [0.5, 0.6) is 0 Å². The van der Waals surface area contributed by atoms with Crippen LogP contribution in [-0.2, 0) is 21.4 Å². The number of rotatable bonds is 6. The van der Waals surface area contributed by atoms with E-state index < -0.39 is 29.0 Å². The lowest BCUT2D eigenvalue weighted by Gasteiger charge is -2.26. The molecule has 0 bridgehead atoms. The van der Waals surface area contributed by atoms with E-state index in [1.54, 1.807) is 13.8 Å². The molecule has 1 aromatic rings. The van der Waals surface area contributed by atoms with Crippen molar-refractivity contribution in [2.45, 2.75) is 38.5 Å². The second-order valence-corrected chi connectivity index (χ2v) is 5.27. The Hall–Kier alpha value is -1.98. The van der Waals surface area contributed by atoms with E-state index in [4.69, 9.17) is 10.2 Å². The van der Waals surface area contributed by atoms with E-state index in [-0.39, 0.29) is 19.3 Å². The molecule has 0 fully saturated rings. The largest absolute Gasteiger partial charge is 0.481 e. The molecule has 0 unspecified atom stereocenters. The summed E-state index contributed by atoms with van der Waals surface area (Å²) in [5, 5.41) is 17.6. The molecule has 0 radical (unpaired) electrons. The first kappa shape index (κ1) is 16.1. The van der Waals surface area contributed by atoms with E-state index in [0.717, 1.165) is 12.1 Å². The van der Waals surface area contributed by atoms with Crippen LogP contribution >= 0.6 is 0 Å². The van der Waals surface area contributed by atoms with Crippen molar-refractivity contribution in [2.24, 2.45) is 0 Å². The molecule has 0 amide bonds. The van der Waals surface area contributed by atoms with Crippen molar-refractivity contribution in [1.82, 2.24) is 0 Å². The number of carboxylic acid groups (broad SMARTS) is 2. The molecule has 0 aliphatic rings. The highest BCUT2D eigenvalue weighted by molar-refractivity contribution is 5.69. The van der Waals surface area contributed by atoms with Crippen LogP contribution in [0.25, 0.3) is 0 Å². The van der Waals surface area contributed by atoms with Crippen LogP contribution in [0.4, 0.5) is 8.78 Å². The van der Waals surface area contributed by atoms with E-state index >= 15 is 0 Å². The topological polar surface area (TPSA) is 74.6 Å². The second-order valence-electron chi connectivity index (χ2n) is 5.27. The lowest BCUT2D eigenvalue weighted by atomic mass is 9.78. The summed E-state index contributed by atoms with van der Waals surface area (Å²) in [4.78, 5) is 21.5. The van der Waals surface area contributed by atoms with Crippen LogP contribution in [0, 0.1) is 11.6 Å². The molecule has 0 spiro atoms. The van der Waals surface area contributed by atoms with Crippen molar-refractivity contribution in [3.8, 4) is 0 Å². The predicted octanol–water partition coefficient (Wildman–Crippen LogP) is 2.73.